The molecule has 0 saturated carbocycles. The lowest BCUT2D eigenvalue weighted by atomic mass is 10.1. The van der Waals surface area contributed by atoms with Gasteiger partial charge in [-0.05, 0) is 27.6 Å². The predicted molar refractivity (Wildman–Crippen MR) is 48.2 cm³/mol. The van der Waals surface area contributed by atoms with Gasteiger partial charge in [0.1, 0.15) is 10.3 Å². The van der Waals surface area contributed by atoms with Gasteiger partial charge in [-0.15, -0.1) is 0 Å². The number of hydrogen-bond acceptors (Lipinski definition) is 2. The van der Waals surface area contributed by atoms with Crippen LogP contribution in [0, 0.1) is 0 Å². The van der Waals surface area contributed by atoms with Crippen LogP contribution >= 0.6 is 15.9 Å². The summed E-state index contributed by atoms with van der Waals surface area (Å²) < 4.78 is 25.0. The van der Waals surface area contributed by atoms with Crippen LogP contribution in [0.3, 0.4) is 0 Å². The Labute approximate surface area is 86.9 Å². The zero-order valence-corrected chi connectivity index (χ0v) is 8.46. The fraction of sp³-hybridized carbons (Fsp3) is 0.250. The van der Waals surface area contributed by atoms with Crippen molar-refractivity contribution >= 4 is 21.9 Å². The number of pyridine rings is 1. The molecule has 1 heterocycles. The highest BCUT2D eigenvalue weighted by Crippen LogP contribution is 2.23. The highest BCUT2D eigenvalue weighted by atomic mass is 79.9. The number of aliphatic carboxylic acids is 1. The molecule has 0 aliphatic rings. The van der Waals surface area contributed by atoms with E-state index in [1.54, 1.807) is 0 Å². The lowest BCUT2D eigenvalue weighted by Crippen LogP contribution is -2.05. The Morgan fingerprint density at radius 2 is 2.21 bits per heavy atom. The molecule has 0 amide bonds. The fourth-order valence-corrected chi connectivity index (χ4v) is 1.30. The van der Waals surface area contributed by atoms with Crippen molar-refractivity contribution in [3.8, 4) is 0 Å². The van der Waals surface area contributed by atoms with Gasteiger partial charge in [0.2, 0.25) is 0 Å². The van der Waals surface area contributed by atoms with Crippen molar-refractivity contribution in [2.45, 2.75) is 12.8 Å². The van der Waals surface area contributed by atoms with Crippen LogP contribution in [-0.2, 0) is 11.2 Å². The molecular formula is C8H6BrF2NO2. The van der Waals surface area contributed by atoms with E-state index in [1.807, 2.05) is 0 Å². The van der Waals surface area contributed by atoms with Gasteiger partial charge in [0, 0.05) is 0 Å². The number of nitrogens with zero attached hydrogens (tertiary/aromatic N) is 1. The molecule has 6 heteroatoms. The zero-order valence-electron chi connectivity index (χ0n) is 6.88. The minimum absolute atomic E-state index is 0.0377. The normalized spacial score (nSPS) is 10.6. The van der Waals surface area contributed by atoms with Gasteiger partial charge in [0.05, 0.1) is 6.42 Å². The van der Waals surface area contributed by atoms with E-state index < -0.39 is 24.5 Å². The number of carboxylic acids is 1. The SMILES string of the molecule is O=C(O)Cc1ccc(Br)nc1C(F)F. The largest absolute Gasteiger partial charge is 0.481 e. The molecule has 0 fully saturated rings. The average Bonchev–Trinajstić information content (AvgIpc) is 2.07. The van der Waals surface area contributed by atoms with Crippen LogP contribution in [0.1, 0.15) is 17.7 Å². The second-order valence-corrected chi connectivity index (χ2v) is 3.36. The van der Waals surface area contributed by atoms with Gasteiger partial charge in [-0.3, -0.25) is 4.79 Å². The fourth-order valence-electron chi connectivity index (χ4n) is 0.980. The number of carbonyl (C=O) groups is 1. The summed E-state index contributed by atoms with van der Waals surface area (Å²) in [5.74, 6) is -1.16. The molecule has 1 N–H and O–H groups in total. The van der Waals surface area contributed by atoms with Crippen LogP contribution < -0.4 is 0 Å². The van der Waals surface area contributed by atoms with Crippen LogP contribution in [0.4, 0.5) is 8.78 Å². The first-order chi connectivity index (χ1) is 6.50. The summed E-state index contributed by atoms with van der Waals surface area (Å²) in [6.45, 7) is 0. The smallest absolute Gasteiger partial charge is 0.307 e. The Hall–Kier alpha value is -1.04. The minimum atomic E-state index is -2.76. The van der Waals surface area contributed by atoms with Crippen LogP contribution in [-0.4, -0.2) is 16.1 Å². The molecule has 0 aromatic carbocycles. The first-order valence-corrected chi connectivity index (χ1v) is 4.45. The van der Waals surface area contributed by atoms with Gasteiger partial charge in [0.25, 0.3) is 6.43 Å². The molecule has 1 aromatic rings. The lowest BCUT2D eigenvalue weighted by Gasteiger charge is -2.05. The molecule has 0 unspecified atom stereocenters. The molecule has 1 aromatic heterocycles. The maximum Gasteiger partial charge on any atom is 0.307 e. The van der Waals surface area contributed by atoms with Gasteiger partial charge in [-0.2, -0.15) is 0 Å². The van der Waals surface area contributed by atoms with Crippen LogP contribution in [0.15, 0.2) is 16.7 Å². The van der Waals surface area contributed by atoms with E-state index in [-0.39, 0.29) is 10.2 Å². The van der Waals surface area contributed by atoms with E-state index in [1.165, 1.54) is 12.1 Å². The third kappa shape index (κ3) is 2.73. The van der Waals surface area contributed by atoms with Gasteiger partial charge >= 0.3 is 5.97 Å². The molecule has 3 nitrogen and oxygen atoms in total. The average molecular weight is 266 g/mol. The summed E-state index contributed by atoms with van der Waals surface area (Å²) in [5, 5.41) is 8.46. The highest BCUT2D eigenvalue weighted by molar-refractivity contribution is 9.10. The Morgan fingerprint density at radius 3 is 2.71 bits per heavy atom. The standard InChI is InChI=1S/C8H6BrF2NO2/c9-5-2-1-4(3-6(13)14)7(12-5)8(10)11/h1-2,8H,3H2,(H,13,14). The Morgan fingerprint density at radius 1 is 1.57 bits per heavy atom. The third-order valence-corrected chi connectivity index (χ3v) is 1.97. The molecule has 14 heavy (non-hydrogen) atoms. The summed E-state index contributed by atoms with van der Waals surface area (Å²) in [6, 6.07) is 2.76. The van der Waals surface area contributed by atoms with Crippen molar-refractivity contribution < 1.29 is 18.7 Å². The quantitative estimate of drug-likeness (QED) is 0.854. The lowest BCUT2D eigenvalue weighted by molar-refractivity contribution is -0.136. The minimum Gasteiger partial charge on any atom is -0.481 e. The number of alkyl halides is 2. The van der Waals surface area contributed by atoms with E-state index >= 15 is 0 Å². The second kappa shape index (κ2) is 4.45. The van der Waals surface area contributed by atoms with Crippen LogP contribution in [0.25, 0.3) is 0 Å². The van der Waals surface area contributed by atoms with Crippen LogP contribution in [0.5, 0.6) is 0 Å². The summed E-state index contributed by atoms with van der Waals surface area (Å²) in [5.41, 5.74) is -0.447. The summed E-state index contributed by atoms with van der Waals surface area (Å²) in [6.07, 6.45) is -3.21. The summed E-state index contributed by atoms with van der Waals surface area (Å²) in [4.78, 5) is 13.9. The molecule has 1 rings (SSSR count). The van der Waals surface area contributed by atoms with Crippen molar-refractivity contribution in [2.24, 2.45) is 0 Å². The molecule has 0 aliphatic heterocycles. The van der Waals surface area contributed by atoms with Crippen molar-refractivity contribution in [1.29, 1.82) is 0 Å². The molecular weight excluding hydrogens is 260 g/mol. The molecule has 76 valence electrons. The van der Waals surface area contributed by atoms with Gasteiger partial charge in [-0.25, -0.2) is 13.8 Å². The van der Waals surface area contributed by atoms with Crippen molar-refractivity contribution in [1.82, 2.24) is 4.98 Å². The number of hydrogen-bond donors (Lipinski definition) is 1. The Kier molecular flexibility index (Phi) is 3.51. The monoisotopic (exact) mass is 265 g/mol. The molecule has 0 radical (unpaired) electrons. The van der Waals surface area contributed by atoms with E-state index in [9.17, 15) is 13.6 Å². The van der Waals surface area contributed by atoms with Crippen LogP contribution in [0.2, 0.25) is 0 Å². The van der Waals surface area contributed by atoms with E-state index in [4.69, 9.17) is 5.11 Å². The number of halogens is 3. The topological polar surface area (TPSA) is 50.2 Å². The van der Waals surface area contributed by atoms with Gasteiger partial charge < -0.3 is 5.11 Å². The summed E-state index contributed by atoms with van der Waals surface area (Å²) >= 11 is 2.94. The van der Waals surface area contributed by atoms with Crippen molar-refractivity contribution in [3.05, 3.63) is 28.0 Å². The Bertz CT molecular complexity index is 357. The first kappa shape index (κ1) is 11.0. The molecule has 0 atom stereocenters. The van der Waals surface area contributed by atoms with Gasteiger partial charge in [0.15, 0.2) is 0 Å². The first-order valence-electron chi connectivity index (χ1n) is 3.66. The van der Waals surface area contributed by atoms with E-state index in [2.05, 4.69) is 20.9 Å². The maximum absolute atomic E-state index is 12.4. The van der Waals surface area contributed by atoms with Crippen molar-refractivity contribution in [3.63, 3.8) is 0 Å². The molecule has 0 aliphatic carbocycles. The molecule has 0 saturated heterocycles. The number of aromatic nitrogens is 1. The molecule has 0 bridgehead atoms. The van der Waals surface area contributed by atoms with E-state index in [0.29, 0.717) is 0 Å². The highest BCUT2D eigenvalue weighted by Gasteiger charge is 2.16. The second-order valence-electron chi connectivity index (χ2n) is 2.55. The molecule has 0 spiro atoms. The van der Waals surface area contributed by atoms with Crippen molar-refractivity contribution in [2.75, 3.05) is 0 Å². The maximum atomic E-state index is 12.4. The predicted octanol–water partition coefficient (Wildman–Crippen LogP) is 2.41. The zero-order chi connectivity index (χ0) is 10.7. The van der Waals surface area contributed by atoms with E-state index in [0.717, 1.165) is 0 Å². The number of carboxylic acid groups (broad SMARTS) is 1. The third-order valence-electron chi connectivity index (χ3n) is 1.53. The Balaban J connectivity index is 3.08. The number of rotatable bonds is 3. The van der Waals surface area contributed by atoms with Gasteiger partial charge in [-0.1, -0.05) is 6.07 Å². The summed E-state index contributed by atoms with van der Waals surface area (Å²) in [7, 11) is 0.